The van der Waals surface area contributed by atoms with Crippen LogP contribution in [0.2, 0.25) is 0 Å². The van der Waals surface area contributed by atoms with E-state index in [0.717, 1.165) is 71.1 Å². The van der Waals surface area contributed by atoms with E-state index in [9.17, 15) is 0 Å². The lowest BCUT2D eigenvalue weighted by Gasteiger charge is -2.39. The van der Waals surface area contributed by atoms with E-state index in [1.165, 1.54) is 5.56 Å². The van der Waals surface area contributed by atoms with Crippen molar-refractivity contribution in [2.45, 2.75) is 63.6 Å². The van der Waals surface area contributed by atoms with Gasteiger partial charge in [-0.15, -0.1) is 0 Å². The molecule has 1 aromatic rings. The van der Waals surface area contributed by atoms with E-state index in [1.807, 2.05) is 0 Å². The van der Waals surface area contributed by atoms with Gasteiger partial charge in [-0.25, -0.2) is 0 Å². The van der Waals surface area contributed by atoms with E-state index in [1.54, 1.807) is 0 Å². The van der Waals surface area contributed by atoms with Crippen LogP contribution in [0.3, 0.4) is 0 Å². The summed E-state index contributed by atoms with van der Waals surface area (Å²) in [4.78, 5) is 4.97. The Morgan fingerprint density at radius 1 is 1.10 bits per heavy atom. The number of nitrogens with one attached hydrogen (secondary N) is 3. The Morgan fingerprint density at radius 3 is 2.52 bits per heavy atom. The van der Waals surface area contributed by atoms with E-state index in [2.05, 4.69) is 67.1 Å². The fraction of sp³-hybridized carbons (Fsp3) is 0.696. The quantitative estimate of drug-likeness (QED) is 0.461. The van der Waals surface area contributed by atoms with E-state index < -0.39 is 0 Å². The van der Waals surface area contributed by atoms with Crippen LogP contribution in [0.5, 0.6) is 0 Å². The van der Waals surface area contributed by atoms with Crippen molar-refractivity contribution in [3.8, 4) is 0 Å². The number of guanidine groups is 1. The molecule has 0 radical (unpaired) electrons. The predicted molar refractivity (Wildman–Crippen MR) is 118 cm³/mol. The number of nitrogens with zero attached hydrogens (tertiary/aromatic N) is 1. The first kappa shape index (κ1) is 22.1. The average Bonchev–Trinajstić information content (AvgIpc) is 3.18. The van der Waals surface area contributed by atoms with Crippen LogP contribution in [0.4, 0.5) is 0 Å². The molecule has 6 nitrogen and oxygen atoms in total. The molecule has 0 aliphatic carbocycles. The summed E-state index contributed by atoms with van der Waals surface area (Å²) in [6, 6.07) is 10.9. The number of hydrogen-bond acceptors (Lipinski definition) is 4. The maximum atomic E-state index is 5.91. The zero-order chi connectivity index (χ0) is 20.6. The summed E-state index contributed by atoms with van der Waals surface area (Å²) < 4.78 is 11.6. The predicted octanol–water partition coefficient (Wildman–Crippen LogP) is 3.01. The highest BCUT2D eigenvalue weighted by Gasteiger charge is 2.34. The normalized spacial score (nSPS) is 25.6. The molecule has 162 valence electrons. The Labute approximate surface area is 175 Å². The van der Waals surface area contributed by atoms with Crippen LogP contribution >= 0.6 is 0 Å². The second kappa shape index (κ2) is 10.4. The Kier molecular flexibility index (Phi) is 7.92. The molecule has 3 rings (SSSR count). The molecule has 2 atom stereocenters. The first-order valence-corrected chi connectivity index (χ1v) is 11.1. The fourth-order valence-corrected chi connectivity index (χ4v) is 4.21. The minimum atomic E-state index is -0.0906. The molecule has 0 spiro atoms. The summed E-state index contributed by atoms with van der Waals surface area (Å²) in [6.45, 7) is 11.3. The molecule has 6 heteroatoms. The summed E-state index contributed by atoms with van der Waals surface area (Å²) in [5.41, 5.74) is 1.16. The van der Waals surface area contributed by atoms with Gasteiger partial charge in [0.15, 0.2) is 5.96 Å². The van der Waals surface area contributed by atoms with Gasteiger partial charge in [0.2, 0.25) is 0 Å². The van der Waals surface area contributed by atoms with Crippen LogP contribution in [-0.2, 0) is 9.47 Å². The van der Waals surface area contributed by atoms with Crippen LogP contribution < -0.4 is 16.0 Å². The second-order valence-electron chi connectivity index (χ2n) is 8.62. The van der Waals surface area contributed by atoms with Crippen LogP contribution in [0.1, 0.15) is 58.1 Å². The lowest BCUT2D eigenvalue weighted by atomic mass is 9.88. The third-order valence-corrected chi connectivity index (χ3v) is 6.09. The molecule has 1 aromatic carbocycles. The van der Waals surface area contributed by atoms with Gasteiger partial charge in [0.25, 0.3) is 0 Å². The van der Waals surface area contributed by atoms with Gasteiger partial charge in [0.05, 0.1) is 12.1 Å². The highest BCUT2D eigenvalue weighted by Crippen LogP contribution is 2.26. The smallest absolute Gasteiger partial charge is 0.191 e. The summed E-state index contributed by atoms with van der Waals surface area (Å²) in [5, 5.41) is 10.8. The van der Waals surface area contributed by atoms with Gasteiger partial charge in [0.1, 0.15) is 0 Å². The number of benzene rings is 1. The first-order chi connectivity index (χ1) is 14.0. The average molecular weight is 403 g/mol. The van der Waals surface area contributed by atoms with Crippen molar-refractivity contribution in [2.75, 3.05) is 39.5 Å². The Hall–Kier alpha value is -1.63. The van der Waals surface area contributed by atoms with Gasteiger partial charge in [-0.1, -0.05) is 30.3 Å². The van der Waals surface area contributed by atoms with Gasteiger partial charge < -0.3 is 25.4 Å². The molecule has 0 bridgehead atoms. The second-order valence-corrected chi connectivity index (χ2v) is 8.62. The van der Waals surface area contributed by atoms with Crippen molar-refractivity contribution < 1.29 is 9.47 Å². The largest absolute Gasteiger partial charge is 0.381 e. The highest BCUT2D eigenvalue weighted by molar-refractivity contribution is 5.79. The van der Waals surface area contributed by atoms with E-state index in [-0.39, 0.29) is 17.2 Å². The molecule has 0 saturated carbocycles. The van der Waals surface area contributed by atoms with Gasteiger partial charge in [0, 0.05) is 44.5 Å². The number of aliphatic imine (C=N–C) groups is 1. The summed E-state index contributed by atoms with van der Waals surface area (Å²) in [6.07, 6.45) is 4.16. The van der Waals surface area contributed by atoms with Gasteiger partial charge in [-0.3, -0.25) is 4.99 Å². The maximum absolute atomic E-state index is 5.91. The van der Waals surface area contributed by atoms with Crippen molar-refractivity contribution in [3.63, 3.8) is 0 Å². The Balaban J connectivity index is 1.66. The van der Waals surface area contributed by atoms with Crippen molar-refractivity contribution in [2.24, 2.45) is 4.99 Å². The standard InChI is InChI=1S/C23H38N4O2/c1-4-24-21(25-17-22(3)11-8-14-29-22)26-18-23(12-15-28-16-13-23)27-19(2)20-9-6-5-7-10-20/h5-7,9-10,19,27H,4,8,11-18H2,1-3H3,(H2,24,25,26). The molecule has 2 heterocycles. The van der Waals surface area contributed by atoms with Crippen molar-refractivity contribution in [1.82, 2.24) is 16.0 Å². The fourth-order valence-electron chi connectivity index (χ4n) is 4.21. The van der Waals surface area contributed by atoms with Crippen LogP contribution in [0.25, 0.3) is 0 Å². The lowest BCUT2D eigenvalue weighted by Crippen LogP contribution is -2.53. The minimum absolute atomic E-state index is 0.0520. The van der Waals surface area contributed by atoms with Gasteiger partial charge in [-0.2, -0.15) is 0 Å². The number of rotatable bonds is 8. The van der Waals surface area contributed by atoms with Crippen molar-refractivity contribution in [1.29, 1.82) is 0 Å². The monoisotopic (exact) mass is 402 g/mol. The minimum Gasteiger partial charge on any atom is -0.381 e. The molecule has 2 unspecified atom stereocenters. The maximum Gasteiger partial charge on any atom is 0.191 e. The summed E-state index contributed by atoms with van der Waals surface area (Å²) in [7, 11) is 0. The lowest BCUT2D eigenvalue weighted by molar-refractivity contribution is 0.0242. The SMILES string of the molecule is CCNC(=NCC1(NC(C)c2ccccc2)CCOCC1)NCC1(C)CCCO1. The molecule has 3 N–H and O–H groups in total. The van der Waals surface area contributed by atoms with E-state index in [0.29, 0.717) is 0 Å². The van der Waals surface area contributed by atoms with Crippen LogP contribution in [0.15, 0.2) is 35.3 Å². The van der Waals surface area contributed by atoms with Gasteiger partial charge >= 0.3 is 0 Å². The molecule has 2 saturated heterocycles. The first-order valence-electron chi connectivity index (χ1n) is 11.1. The summed E-state index contributed by atoms with van der Waals surface area (Å²) in [5.74, 6) is 0.865. The molecule has 0 amide bonds. The molecule has 2 fully saturated rings. The Bertz CT molecular complexity index is 638. The van der Waals surface area contributed by atoms with Crippen LogP contribution in [-0.4, -0.2) is 56.6 Å². The van der Waals surface area contributed by atoms with Crippen molar-refractivity contribution in [3.05, 3.63) is 35.9 Å². The van der Waals surface area contributed by atoms with Crippen LogP contribution in [0, 0.1) is 0 Å². The number of hydrogen-bond donors (Lipinski definition) is 3. The molecule has 29 heavy (non-hydrogen) atoms. The van der Waals surface area contributed by atoms with Gasteiger partial charge in [-0.05, 0) is 52.0 Å². The van der Waals surface area contributed by atoms with E-state index in [4.69, 9.17) is 14.5 Å². The number of ether oxygens (including phenoxy) is 2. The molecule has 2 aliphatic heterocycles. The van der Waals surface area contributed by atoms with E-state index >= 15 is 0 Å². The molecular formula is C23H38N4O2. The zero-order valence-electron chi connectivity index (χ0n) is 18.3. The molecular weight excluding hydrogens is 364 g/mol. The third-order valence-electron chi connectivity index (χ3n) is 6.09. The Morgan fingerprint density at radius 2 is 1.86 bits per heavy atom. The topological polar surface area (TPSA) is 66.9 Å². The molecule has 2 aliphatic rings. The summed E-state index contributed by atoms with van der Waals surface area (Å²) >= 11 is 0. The zero-order valence-corrected chi connectivity index (χ0v) is 18.3. The van der Waals surface area contributed by atoms with Crippen molar-refractivity contribution >= 4 is 5.96 Å². The highest BCUT2D eigenvalue weighted by atomic mass is 16.5. The molecule has 0 aromatic heterocycles. The third kappa shape index (κ3) is 6.43.